The van der Waals surface area contributed by atoms with Crippen molar-refractivity contribution >= 4 is 12.0 Å². The average Bonchev–Trinajstić information content (AvgIpc) is 2.92. The first-order chi connectivity index (χ1) is 10.9. The zero-order valence-corrected chi connectivity index (χ0v) is 13.8. The minimum atomic E-state index is -0.827. The average molecular weight is 316 g/mol. The fourth-order valence-corrected chi connectivity index (χ4v) is 3.62. The Labute approximate surface area is 136 Å². The number of carboxylic acid groups (broad SMARTS) is 1. The first-order valence-corrected chi connectivity index (χ1v) is 8.27. The van der Waals surface area contributed by atoms with Crippen LogP contribution in [-0.4, -0.2) is 35.1 Å². The molecular weight excluding hydrogens is 292 g/mol. The number of hydrogen-bond acceptors (Lipinski definition) is 2. The van der Waals surface area contributed by atoms with Gasteiger partial charge in [0.05, 0.1) is 11.5 Å². The molecule has 1 fully saturated rings. The number of aliphatic carboxylic acids is 1. The molecule has 0 spiro atoms. The number of rotatable bonds is 2. The topological polar surface area (TPSA) is 69.6 Å². The van der Waals surface area contributed by atoms with Gasteiger partial charge in [-0.25, -0.2) is 4.79 Å². The van der Waals surface area contributed by atoms with Crippen molar-refractivity contribution in [2.24, 2.45) is 5.41 Å². The van der Waals surface area contributed by atoms with Crippen LogP contribution in [0.15, 0.2) is 18.2 Å². The maximum atomic E-state index is 12.5. The lowest BCUT2D eigenvalue weighted by Crippen LogP contribution is -2.43. The van der Waals surface area contributed by atoms with E-state index in [0.29, 0.717) is 13.0 Å². The molecular formula is C18H24N2O3. The van der Waals surface area contributed by atoms with Crippen LogP contribution in [0, 0.1) is 12.3 Å². The van der Waals surface area contributed by atoms with Crippen LogP contribution in [0.1, 0.15) is 48.9 Å². The van der Waals surface area contributed by atoms with Crippen molar-refractivity contribution in [3.8, 4) is 0 Å². The molecule has 1 heterocycles. The van der Waals surface area contributed by atoms with E-state index in [1.807, 2.05) is 0 Å². The number of hydrogen-bond donors (Lipinski definition) is 2. The van der Waals surface area contributed by atoms with Gasteiger partial charge >= 0.3 is 12.0 Å². The zero-order valence-electron chi connectivity index (χ0n) is 13.8. The molecule has 2 amide bonds. The molecule has 23 heavy (non-hydrogen) atoms. The van der Waals surface area contributed by atoms with Crippen LogP contribution in [0.3, 0.4) is 0 Å². The molecule has 1 aromatic carbocycles. The van der Waals surface area contributed by atoms with Gasteiger partial charge in [-0.2, -0.15) is 0 Å². The third kappa shape index (κ3) is 3.05. The maximum Gasteiger partial charge on any atom is 0.317 e. The fraction of sp³-hybridized carbons (Fsp3) is 0.556. The Morgan fingerprint density at radius 3 is 2.87 bits per heavy atom. The molecule has 1 aliphatic carbocycles. The van der Waals surface area contributed by atoms with Crippen LogP contribution in [0.4, 0.5) is 4.79 Å². The molecule has 124 valence electrons. The summed E-state index contributed by atoms with van der Waals surface area (Å²) in [7, 11) is 0. The molecule has 1 unspecified atom stereocenters. The number of fused-ring (bicyclic) bond motifs is 1. The number of urea groups is 1. The van der Waals surface area contributed by atoms with E-state index in [4.69, 9.17) is 0 Å². The van der Waals surface area contributed by atoms with E-state index in [0.717, 1.165) is 19.3 Å². The summed E-state index contributed by atoms with van der Waals surface area (Å²) < 4.78 is 0. The second-order valence-electron chi connectivity index (χ2n) is 7.13. The minimum absolute atomic E-state index is 0.0304. The Morgan fingerprint density at radius 1 is 1.39 bits per heavy atom. The second-order valence-corrected chi connectivity index (χ2v) is 7.13. The lowest BCUT2D eigenvalue weighted by Gasteiger charge is -2.29. The lowest BCUT2D eigenvalue weighted by molar-refractivity contribution is -0.147. The van der Waals surface area contributed by atoms with Gasteiger partial charge in [-0.3, -0.25) is 4.79 Å². The van der Waals surface area contributed by atoms with Crippen molar-refractivity contribution in [1.29, 1.82) is 0 Å². The zero-order chi connectivity index (χ0) is 16.6. The van der Waals surface area contributed by atoms with Crippen molar-refractivity contribution in [3.63, 3.8) is 0 Å². The molecule has 0 aromatic heterocycles. The van der Waals surface area contributed by atoms with Crippen molar-refractivity contribution in [2.75, 3.05) is 13.1 Å². The number of carbonyl (C=O) groups is 2. The largest absolute Gasteiger partial charge is 0.481 e. The van der Waals surface area contributed by atoms with Crippen LogP contribution in [0.2, 0.25) is 0 Å². The highest BCUT2D eigenvalue weighted by atomic mass is 16.4. The molecule has 5 heteroatoms. The van der Waals surface area contributed by atoms with Crippen molar-refractivity contribution < 1.29 is 14.7 Å². The summed E-state index contributed by atoms with van der Waals surface area (Å²) in [6.07, 6.45) is 3.57. The van der Waals surface area contributed by atoms with Gasteiger partial charge in [-0.15, -0.1) is 0 Å². The summed E-state index contributed by atoms with van der Waals surface area (Å²) in [6, 6.07) is 6.31. The van der Waals surface area contributed by atoms with Gasteiger partial charge in [-0.1, -0.05) is 23.8 Å². The Kier molecular flexibility index (Phi) is 4.04. The smallest absolute Gasteiger partial charge is 0.317 e. The summed E-state index contributed by atoms with van der Waals surface area (Å²) in [4.78, 5) is 25.5. The van der Waals surface area contributed by atoms with Gasteiger partial charge in [0.15, 0.2) is 0 Å². The highest BCUT2D eigenvalue weighted by Gasteiger charge is 2.42. The number of benzene rings is 1. The molecule has 1 aromatic rings. The van der Waals surface area contributed by atoms with Gasteiger partial charge in [0.1, 0.15) is 0 Å². The van der Waals surface area contributed by atoms with E-state index in [9.17, 15) is 14.7 Å². The molecule has 1 aliphatic heterocycles. The summed E-state index contributed by atoms with van der Waals surface area (Å²) in [5.41, 5.74) is 2.90. The Bertz CT molecular complexity index is 643. The maximum absolute atomic E-state index is 12.5. The number of likely N-dealkylation sites (tertiary alicyclic amines) is 1. The molecule has 2 N–H and O–H groups in total. The molecule has 2 aliphatic rings. The molecule has 0 bridgehead atoms. The van der Waals surface area contributed by atoms with Gasteiger partial charge in [0.25, 0.3) is 0 Å². The van der Waals surface area contributed by atoms with Crippen molar-refractivity contribution in [1.82, 2.24) is 10.2 Å². The molecule has 1 saturated heterocycles. The highest BCUT2D eigenvalue weighted by Crippen LogP contribution is 2.33. The number of carbonyl (C=O) groups excluding carboxylic acids is 1. The number of nitrogens with one attached hydrogen (secondary N) is 1. The summed E-state index contributed by atoms with van der Waals surface area (Å²) in [6.45, 7) is 4.55. The van der Waals surface area contributed by atoms with Crippen molar-refractivity contribution in [2.45, 2.75) is 45.6 Å². The van der Waals surface area contributed by atoms with Crippen LogP contribution in [0.5, 0.6) is 0 Å². The summed E-state index contributed by atoms with van der Waals surface area (Å²) >= 11 is 0. The normalized spacial score (nSPS) is 26.7. The van der Waals surface area contributed by atoms with Gasteiger partial charge in [-0.05, 0) is 50.7 Å². The van der Waals surface area contributed by atoms with Crippen LogP contribution in [0.25, 0.3) is 0 Å². The van der Waals surface area contributed by atoms with Crippen molar-refractivity contribution in [3.05, 3.63) is 34.9 Å². The SMILES string of the molecule is Cc1ccc2c(c1)[C@H](NC(=O)N1CCC(C)(C(=O)O)C1)CCC2. The molecule has 5 nitrogen and oxygen atoms in total. The third-order valence-corrected chi connectivity index (χ3v) is 5.19. The van der Waals surface area contributed by atoms with Gasteiger partial charge < -0.3 is 15.3 Å². The Balaban J connectivity index is 1.71. The number of aryl methyl sites for hydroxylation is 2. The number of carboxylic acids is 1. The number of amides is 2. The van der Waals surface area contributed by atoms with E-state index >= 15 is 0 Å². The van der Waals surface area contributed by atoms with E-state index in [1.54, 1.807) is 11.8 Å². The van der Waals surface area contributed by atoms with E-state index in [-0.39, 0.29) is 18.6 Å². The van der Waals surface area contributed by atoms with E-state index < -0.39 is 11.4 Å². The second kappa shape index (κ2) is 5.87. The van der Waals surface area contributed by atoms with Crippen LogP contribution >= 0.6 is 0 Å². The summed E-state index contributed by atoms with van der Waals surface area (Å²) in [5.74, 6) is -0.827. The van der Waals surface area contributed by atoms with Crippen LogP contribution < -0.4 is 5.32 Å². The monoisotopic (exact) mass is 316 g/mol. The van der Waals surface area contributed by atoms with Gasteiger partial charge in [0, 0.05) is 13.1 Å². The molecule has 0 radical (unpaired) electrons. The number of nitrogens with zero attached hydrogens (tertiary/aromatic N) is 1. The van der Waals surface area contributed by atoms with Crippen LogP contribution in [-0.2, 0) is 11.2 Å². The fourth-order valence-electron chi connectivity index (χ4n) is 3.62. The quantitative estimate of drug-likeness (QED) is 0.881. The molecule has 2 atom stereocenters. The first kappa shape index (κ1) is 15.8. The molecule has 3 rings (SSSR count). The molecule has 0 saturated carbocycles. The summed E-state index contributed by atoms with van der Waals surface area (Å²) in [5, 5.41) is 12.4. The predicted octanol–water partition coefficient (Wildman–Crippen LogP) is 2.88. The highest BCUT2D eigenvalue weighted by molar-refractivity contribution is 5.79. The predicted molar refractivity (Wildman–Crippen MR) is 87.3 cm³/mol. The lowest BCUT2D eigenvalue weighted by atomic mass is 9.87. The minimum Gasteiger partial charge on any atom is -0.481 e. The van der Waals surface area contributed by atoms with E-state index in [1.165, 1.54) is 16.7 Å². The standard InChI is InChI=1S/C18H24N2O3/c1-12-6-7-13-4-3-5-15(14(13)10-12)19-17(23)20-9-8-18(2,11-20)16(21)22/h6-7,10,15H,3-5,8-9,11H2,1-2H3,(H,19,23)(H,21,22)/t15-,18?/m1/s1. The van der Waals surface area contributed by atoms with Gasteiger partial charge in [0.2, 0.25) is 0 Å². The first-order valence-electron chi connectivity index (χ1n) is 8.27. The van der Waals surface area contributed by atoms with E-state index in [2.05, 4.69) is 30.4 Å². The Hall–Kier alpha value is -2.04. The Morgan fingerprint density at radius 2 is 2.17 bits per heavy atom. The third-order valence-electron chi connectivity index (χ3n) is 5.19.